The second-order valence-corrected chi connectivity index (χ2v) is 7.97. The Morgan fingerprint density at radius 2 is 1.81 bits per heavy atom. The number of pyridine rings is 1. The van der Waals surface area contributed by atoms with Gasteiger partial charge in [0.05, 0.1) is 5.71 Å². The first-order chi connectivity index (χ1) is 13.1. The molecule has 0 atom stereocenters. The van der Waals surface area contributed by atoms with Gasteiger partial charge in [-0.05, 0) is 41.5 Å². The first-order valence-corrected chi connectivity index (χ1v) is 9.36. The van der Waals surface area contributed by atoms with Crippen molar-refractivity contribution in [2.75, 3.05) is 7.11 Å². The van der Waals surface area contributed by atoms with Gasteiger partial charge in [-0.15, -0.1) is 0 Å². The second kappa shape index (κ2) is 7.03. The summed E-state index contributed by atoms with van der Waals surface area (Å²) in [6.45, 7) is 4.57. The van der Waals surface area contributed by atoms with E-state index in [4.69, 9.17) is 4.84 Å². The molecule has 2 heterocycles. The van der Waals surface area contributed by atoms with E-state index in [2.05, 4.69) is 71.4 Å². The molecule has 1 aromatic carbocycles. The van der Waals surface area contributed by atoms with E-state index in [0.717, 1.165) is 36.2 Å². The number of nitrogens with one attached hydrogen (secondary N) is 1. The molecule has 0 unspecified atom stereocenters. The van der Waals surface area contributed by atoms with Gasteiger partial charge in [-0.1, -0.05) is 49.3 Å². The maximum Gasteiger partial charge on any atom is 0.106 e. The fraction of sp³-hybridized carbons (Fsp3) is 0.304. The van der Waals surface area contributed by atoms with Crippen molar-refractivity contribution >= 4 is 5.71 Å². The van der Waals surface area contributed by atoms with Gasteiger partial charge in [-0.3, -0.25) is 4.98 Å². The number of H-pyrrole nitrogens is 1. The molecule has 0 fully saturated rings. The molecule has 0 spiro atoms. The molecule has 4 heteroatoms. The van der Waals surface area contributed by atoms with Crippen molar-refractivity contribution in [1.82, 2.24) is 9.97 Å². The summed E-state index contributed by atoms with van der Waals surface area (Å²) in [5.41, 5.74) is 8.55. The van der Waals surface area contributed by atoms with Crippen LogP contribution in [0.5, 0.6) is 0 Å². The number of rotatable bonds is 4. The van der Waals surface area contributed by atoms with Gasteiger partial charge >= 0.3 is 0 Å². The average molecular weight is 359 g/mol. The van der Waals surface area contributed by atoms with Crippen LogP contribution in [0.1, 0.15) is 42.7 Å². The second-order valence-electron chi connectivity index (χ2n) is 7.97. The Morgan fingerprint density at radius 3 is 2.52 bits per heavy atom. The van der Waals surface area contributed by atoms with Crippen molar-refractivity contribution < 1.29 is 4.84 Å². The summed E-state index contributed by atoms with van der Waals surface area (Å²) < 4.78 is 0. The smallest absolute Gasteiger partial charge is 0.106 e. The standard InChI is InChI=1S/C23H25N3O/c1-23(2)14-19-21(20(15-23)26-27-3)18(13-16-7-5-4-6-8-16)22(25-19)17-9-11-24-12-10-17/h4-12,25H,13-15H2,1-3H3/b26-20+. The van der Waals surface area contributed by atoms with Gasteiger partial charge in [0.15, 0.2) is 0 Å². The fourth-order valence-corrected chi connectivity index (χ4v) is 4.09. The third-order valence-corrected chi connectivity index (χ3v) is 5.17. The summed E-state index contributed by atoms with van der Waals surface area (Å²) >= 11 is 0. The quantitative estimate of drug-likeness (QED) is 0.667. The van der Waals surface area contributed by atoms with Crippen LogP contribution in [0.4, 0.5) is 0 Å². The Morgan fingerprint density at radius 1 is 1.07 bits per heavy atom. The van der Waals surface area contributed by atoms with Crippen LogP contribution in [0.2, 0.25) is 0 Å². The van der Waals surface area contributed by atoms with Crippen LogP contribution in [0.3, 0.4) is 0 Å². The molecule has 2 aromatic heterocycles. The molecule has 27 heavy (non-hydrogen) atoms. The lowest BCUT2D eigenvalue weighted by Gasteiger charge is -2.30. The minimum absolute atomic E-state index is 0.148. The predicted octanol–water partition coefficient (Wildman–Crippen LogP) is 4.99. The van der Waals surface area contributed by atoms with Crippen LogP contribution < -0.4 is 0 Å². The molecule has 1 N–H and O–H groups in total. The number of oxime groups is 1. The highest BCUT2D eigenvalue weighted by atomic mass is 16.6. The summed E-state index contributed by atoms with van der Waals surface area (Å²) in [5.74, 6) is 0. The normalized spacial score (nSPS) is 16.9. The van der Waals surface area contributed by atoms with Crippen LogP contribution >= 0.6 is 0 Å². The van der Waals surface area contributed by atoms with Gasteiger partial charge < -0.3 is 9.82 Å². The minimum atomic E-state index is 0.148. The van der Waals surface area contributed by atoms with Gasteiger partial charge in [0.25, 0.3) is 0 Å². The van der Waals surface area contributed by atoms with Crippen LogP contribution in [-0.4, -0.2) is 22.8 Å². The summed E-state index contributed by atoms with van der Waals surface area (Å²) in [7, 11) is 1.63. The van der Waals surface area contributed by atoms with Gasteiger partial charge in [-0.25, -0.2) is 0 Å². The van der Waals surface area contributed by atoms with Crippen molar-refractivity contribution in [3.63, 3.8) is 0 Å². The van der Waals surface area contributed by atoms with Crippen LogP contribution in [0.25, 0.3) is 11.3 Å². The topological polar surface area (TPSA) is 50.3 Å². The molecular formula is C23H25N3O. The van der Waals surface area contributed by atoms with Crippen LogP contribution in [0.15, 0.2) is 60.0 Å². The Hall–Kier alpha value is -2.88. The Kier molecular flexibility index (Phi) is 4.56. The van der Waals surface area contributed by atoms with Crippen molar-refractivity contribution in [2.45, 2.75) is 33.1 Å². The monoisotopic (exact) mass is 359 g/mol. The molecule has 0 saturated heterocycles. The van der Waals surface area contributed by atoms with E-state index in [1.165, 1.54) is 22.4 Å². The molecule has 4 rings (SSSR count). The molecule has 4 nitrogen and oxygen atoms in total. The third kappa shape index (κ3) is 3.52. The molecule has 0 bridgehead atoms. The fourth-order valence-electron chi connectivity index (χ4n) is 4.09. The van der Waals surface area contributed by atoms with E-state index in [1.807, 2.05) is 12.4 Å². The van der Waals surface area contributed by atoms with Gasteiger partial charge in [-0.2, -0.15) is 0 Å². The first-order valence-electron chi connectivity index (χ1n) is 9.36. The van der Waals surface area contributed by atoms with Crippen molar-refractivity contribution in [3.05, 3.63) is 77.2 Å². The highest BCUT2D eigenvalue weighted by Crippen LogP contribution is 2.40. The van der Waals surface area contributed by atoms with Crippen LogP contribution in [-0.2, 0) is 17.7 Å². The number of benzene rings is 1. The summed E-state index contributed by atoms with van der Waals surface area (Å²) in [6, 6.07) is 14.7. The number of nitrogens with zero attached hydrogens (tertiary/aromatic N) is 2. The van der Waals surface area contributed by atoms with E-state index in [9.17, 15) is 0 Å². The SMILES string of the molecule is CO/N=C1\CC(C)(C)Cc2[nH]c(-c3ccncc3)c(Cc3ccccc3)c21. The van der Waals surface area contributed by atoms with Crippen molar-refractivity contribution in [1.29, 1.82) is 0 Å². The molecule has 1 aliphatic rings. The lowest BCUT2D eigenvalue weighted by molar-refractivity contribution is 0.210. The molecule has 3 aromatic rings. The molecule has 0 aliphatic heterocycles. The molecule has 138 valence electrons. The van der Waals surface area contributed by atoms with E-state index in [0.29, 0.717) is 0 Å². The Bertz CT molecular complexity index is 956. The molecule has 0 saturated carbocycles. The van der Waals surface area contributed by atoms with Crippen LogP contribution in [0, 0.1) is 5.41 Å². The van der Waals surface area contributed by atoms with Gasteiger partial charge in [0.1, 0.15) is 7.11 Å². The zero-order valence-electron chi connectivity index (χ0n) is 16.1. The molecular weight excluding hydrogens is 334 g/mol. The van der Waals surface area contributed by atoms with Gasteiger partial charge in [0, 0.05) is 41.3 Å². The number of hydrogen-bond acceptors (Lipinski definition) is 3. The zero-order valence-corrected chi connectivity index (χ0v) is 16.1. The van der Waals surface area contributed by atoms with E-state index in [1.54, 1.807) is 7.11 Å². The lowest BCUT2D eigenvalue weighted by atomic mass is 9.74. The number of aromatic nitrogens is 2. The summed E-state index contributed by atoms with van der Waals surface area (Å²) in [6.07, 6.45) is 6.44. The lowest BCUT2D eigenvalue weighted by Crippen LogP contribution is -2.27. The molecule has 0 amide bonds. The van der Waals surface area contributed by atoms with Crippen molar-refractivity contribution in [3.8, 4) is 11.3 Å². The highest BCUT2D eigenvalue weighted by Gasteiger charge is 2.34. The number of aromatic amines is 1. The number of hydrogen-bond donors (Lipinski definition) is 1. The average Bonchev–Trinajstić information content (AvgIpc) is 3.00. The highest BCUT2D eigenvalue weighted by molar-refractivity contribution is 6.05. The van der Waals surface area contributed by atoms with Gasteiger partial charge in [0.2, 0.25) is 0 Å². The molecule has 1 aliphatic carbocycles. The Balaban J connectivity index is 1.91. The zero-order chi connectivity index (χ0) is 18.9. The summed E-state index contributed by atoms with van der Waals surface area (Å²) in [5, 5.41) is 4.41. The largest absolute Gasteiger partial charge is 0.399 e. The number of fused-ring (bicyclic) bond motifs is 1. The first kappa shape index (κ1) is 17.5. The Labute approximate surface area is 160 Å². The maximum absolute atomic E-state index is 5.22. The predicted molar refractivity (Wildman–Crippen MR) is 109 cm³/mol. The van der Waals surface area contributed by atoms with E-state index >= 15 is 0 Å². The maximum atomic E-state index is 5.22. The minimum Gasteiger partial charge on any atom is -0.399 e. The third-order valence-electron chi connectivity index (χ3n) is 5.17. The summed E-state index contributed by atoms with van der Waals surface area (Å²) in [4.78, 5) is 13.1. The van der Waals surface area contributed by atoms with Crippen molar-refractivity contribution in [2.24, 2.45) is 10.6 Å². The van der Waals surface area contributed by atoms with E-state index in [-0.39, 0.29) is 5.41 Å². The molecule has 0 radical (unpaired) electrons. The van der Waals surface area contributed by atoms with E-state index < -0.39 is 0 Å².